The fraction of sp³-hybridized carbons (Fsp3) is 0.111. The first-order chi connectivity index (χ1) is 11.2. The first-order valence-corrected chi connectivity index (χ1v) is 7.55. The number of esters is 1. The summed E-state index contributed by atoms with van der Waals surface area (Å²) in [5.74, 6) is 0.566. The fourth-order valence-corrected chi connectivity index (χ4v) is 2.35. The summed E-state index contributed by atoms with van der Waals surface area (Å²) >= 11 is 5.94. The molecule has 2 aromatic rings. The molecule has 116 valence electrons. The van der Waals surface area contributed by atoms with Gasteiger partial charge in [0.05, 0.1) is 6.61 Å². The molecule has 0 spiro atoms. The van der Waals surface area contributed by atoms with Crippen LogP contribution in [-0.2, 0) is 9.53 Å². The number of ether oxygens (including phenoxy) is 2. The number of cyclic esters (lactones) is 1. The number of hydrogen-bond donors (Lipinski definition) is 0. The SMILES string of the molecule is CCOc1ccc(C2=NC(=Cc3cccc(Cl)c3)C(=O)O2)cc1. The molecule has 0 amide bonds. The number of benzene rings is 2. The predicted molar refractivity (Wildman–Crippen MR) is 89.7 cm³/mol. The Hall–Kier alpha value is -2.59. The largest absolute Gasteiger partial charge is 0.494 e. The molecule has 0 unspecified atom stereocenters. The van der Waals surface area contributed by atoms with Crippen LogP contribution < -0.4 is 4.74 Å². The maximum absolute atomic E-state index is 12.0. The van der Waals surface area contributed by atoms with E-state index in [0.717, 1.165) is 16.9 Å². The number of rotatable bonds is 4. The summed E-state index contributed by atoms with van der Waals surface area (Å²) in [5.41, 5.74) is 1.76. The van der Waals surface area contributed by atoms with E-state index in [0.29, 0.717) is 11.6 Å². The molecule has 0 saturated carbocycles. The average molecular weight is 328 g/mol. The molecule has 0 bridgehead atoms. The van der Waals surface area contributed by atoms with Crippen LogP contribution in [-0.4, -0.2) is 18.5 Å². The van der Waals surface area contributed by atoms with Gasteiger partial charge in [-0.1, -0.05) is 23.7 Å². The summed E-state index contributed by atoms with van der Waals surface area (Å²) in [7, 11) is 0. The molecule has 3 rings (SSSR count). The van der Waals surface area contributed by atoms with Crippen molar-refractivity contribution in [2.45, 2.75) is 6.92 Å². The lowest BCUT2D eigenvalue weighted by Crippen LogP contribution is -2.05. The summed E-state index contributed by atoms with van der Waals surface area (Å²) in [4.78, 5) is 16.2. The van der Waals surface area contributed by atoms with Gasteiger partial charge in [-0.25, -0.2) is 9.79 Å². The second kappa shape index (κ2) is 6.67. The zero-order chi connectivity index (χ0) is 16.2. The van der Waals surface area contributed by atoms with Gasteiger partial charge in [0.25, 0.3) is 0 Å². The summed E-state index contributed by atoms with van der Waals surface area (Å²) in [6.45, 7) is 2.52. The number of carbonyl (C=O) groups is 1. The van der Waals surface area contributed by atoms with E-state index in [9.17, 15) is 4.79 Å². The summed E-state index contributed by atoms with van der Waals surface area (Å²) in [6.07, 6.45) is 1.65. The van der Waals surface area contributed by atoms with Crippen LogP contribution in [0.3, 0.4) is 0 Å². The van der Waals surface area contributed by atoms with Crippen molar-refractivity contribution in [1.29, 1.82) is 0 Å². The minimum atomic E-state index is -0.478. The number of nitrogens with zero attached hydrogens (tertiary/aromatic N) is 1. The van der Waals surface area contributed by atoms with E-state index in [1.54, 1.807) is 30.3 Å². The summed E-state index contributed by atoms with van der Waals surface area (Å²) in [6, 6.07) is 14.4. The predicted octanol–water partition coefficient (Wildman–Crippen LogP) is 4.08. The van der Waals surface area contributed by atoms with Crippen LogP contribution in [0.4, 0.5) is 0 Å². The third-order valence-corrected chi connectivity index (χ3v) is 3.42. The van der Waals surface area contributed by atoms with Crippen LogP contribution >= 0.6 is 11.6 Å². The van der Waals surface area contributed by atoms with Crippen molar-refractivity contribution >= 4 is 29.5 Å². The Morgan fingerprint density at radius 3 is 2.70 bits per heavy atom. The van der Waals surface area contributed by atoms with Gasteiger partial charge in [0.1, 0.15) is 5.75 Å². The molecule has 4 nitrogen and oxygen atoms in total. The Morgan fingerprint density at radius 1 is 1.22 bits per heavy atom. The van der Waals surface area contributed by atoms with Gasteiger partial charge in [0, 0.05) is 10.6 Å². The first-order valence-electron chi connectivity index (χ1n) is 7.17. The Balaban J connectivity index is 1.86. The summed E-state index contributed by atoms with van der Waals surface area (Å²) in [5, 5.41) is 0.599. The molecule has 23 heavy (non-hydrogen) atoms. The van der Waals surface area contributed by atoms with Gasteiger partial charge in [-0.15, -0.1) is 0 Å². The monoisotopic (exact) mass is 327 g/mol. The van der Waals surface area contributed by atoms with Crippen molar-refractivity contribution in [3.8, 4) is 5.75 Å². The smallest absolute Gasteiger partial charge is 0.363 e. The zero-order valence-electron chi connectivity index (χ0n) is 12.5. The van der Waals surface area contributed by atoms with Crippen LogP contribution in [0.1, 0.15) is 18.1 Å². The Bertz CT molecular complexity index is 794. The van der Waals surface area contributed by atoms with Gasteiger partial charge < -0.3 is 9.47 Å². The van der Waals surface area contributed by atoms with E-state index < -0.39 is 5.97 Å². The summed E-state index contributed by atoms with van der Waals surface area (Å²) < 4.78 is 10.6. The first kappa shape index (κ1) is 15.3. The van der Waals surface area contributed by atoms with Gasteiger partial charge in [-0.2, -0.15) is 0 Å². The topological polar surface area (TPSA) is 47.9 Å². The third-order valence-electron chi connectivity index (χ3n) is 3.18. The molecule has 0 N–H and O–H groups in total. The highest BCUT2D eigenvalue weighted by Gasteiger charge is 2.24. The molecule has 1 aliphatic rings. The Morgan fingerprint density at radius 2 is 2.00 bits per heavy atom. The van der Waals surface area contributed by atoms with Crippen LogP contribution in [0.5, 0.6) is 5.75 Å². The number of halogens is 1. The molecule has 5 heteroatoms. The molecule has 2 aromatic carbocycles. The zero-order valence-corrected chi connectivity index (χ0v) is 13.2. The van der Waals surface area contributed by atoms with Crippen molar-refractivity contribution < 1.29 is 14.3 Å². The van der Waals surface area contributed by atoms with E-state index in [1.807, 2.05) is 31.2 Å². The molecule has 0 fully saturated rings. The molecular formula is C18H14ClNO3. The standard InChI is InChI=1S/C18H14ClNO3/c1-2-22-15-8-6-13(7-9-15)17-20-16(18(21)23-17)11-12-4-3-5-14(19)10-12/h3-11H,2H2,1H3. The van der Waals surface area contributed by atoms with Gasteiger partial charge in [0.15, 0.2) is 5.70 Å². The van der Waals surface area contributed by atoms with E-state index in [4.69, 9.17) is 21.1 Å². The second-order valence-corrected chi connectivity index (χ2v) is 5.28. The van der Waals surface area contributed by atoms with Gasteiger partial charge in [0.2, 0.25) is 5.90 Å². The normalized spacial score (nSPS) is 15.5. The lowest BCUT2D eigenvalue weighted by molar-refractivity contribution is -0.129. The van der Waals surface area contributed by atoms with E-state index >= 15 is 0 Å². The van der Waals surface area contributed by atoms with Gasteiger partial charge >= 0.3 is 5.97 Å². The van der Waals surface area contributed by atoms with Gasteiger partial charge in [-0.05, 0) is 55.0 Å². The van der Waals surface area contributed by atoms with E-state index in [1.165, 1.54) is 0 Å². The van der Waals surface area contributed by atoms with E-state index in [-0.39, 0.29) is 11.6 Å². The van der Waals surface area contributed by atoms with E-state index in [2.05, 4.69) is 4.99 Å². The molecule has 1 aliphatic heterocycles. The average Bonchev–Trinajstić information content (AvgIpc) is 2.89. The van der Waals surface area contributed by atoms with Crippen molar-refractivity contribution in [1.82, 2.24) is 0 Å². The molecule has 0 aliphatic carbocycles. The van der Waals surface area contributed by atoms with Crippen molar-refractivity contribution in [2.24, 2.45) is 4.99 Å². The van der Waals surface area contributed by atoms with Crippen molar-refractivity contribution in [2.75, 3.05) is 6.61 Å². The quantitative estimate of drug-likeness (QED) is 0.628. The number of hydrogen-bond acceptors (Lipinski definition) is 4. The van der Waals surface area contributed by atoms with Gasteiger partial charge in [-0.3, -0.25) is 0 Å². The molecule has 0 atom stereocenters. The fourth-order valence-electron chi connectivity index (χ4n) is 2.15. The number of carbonyl (C=O) groups excluding carboxylic acids is 1. The molecule has 0 radical (unpaired) electrons. The molecule has 1 heterocycles. The third kappa shape index (κ3) is 3.60. The molecule has 0 saturated heterocycles. The highest BCUT2D eigenvalue weighted by molar-refractivity contribution is 6.30. The minimum Gasteiger partial charge on any atom is -0.494 e. The van der Waals surface area contributed by atoms with Crippen LogP contribution in [0, 0.1) is 0 Å². The highest BCUT2D eigenvalue weighted by atomic mass is 35.5. The van der Waals surface area contributed by atoms with Crippen LogP contribution in [0.25, 0.3) is 6.08 Å². The highest BCUT2D eigenvalue weighted by Crippen LogP contribution is 2.21. The minimum absolute atomic E-state index is 0.246. The Labute approximate surface area is 139 Å². The maximum atomic E-state index is 12.0. The second-order valence-electron chi connectivity index (χ2n) is 4.85. The van der Waals surface area contributed by atoms with Crippen LogP contribution in [0.2, 0.25) is 5.02 Å². The maximum Gasteiger partial charge on any atom is 0.363 e. The van der Waals surface area contributed by atoms with Crippen molar-refractivity contribution in [3.05, 3.63) is 70.4 Å². The lowest BCUT2D eigenvalue weighted by Gasteiger charge is -2.03. The van der Waals surface area contributed by atoms with Crippen LogP contribution in [0.15, 0.2) is 59.2 Å². The van der Waals surface area contributed by atoms with Crippen molar-refractivity contribution in [3.63, 3.8) is 0 Å². The lowest BCUT2D eigenvalue weighted by atomic mass is 10.2. The molecule has 0 aromatic heterocycles. The molecular weight excluding hydrogens is 314 g/mol. The Kier molecular flexibility index (Phi) is 4.44. The number of aliphatic imine (C=N–C) groups is 1.